The summed E-state index contributed by atoms with van der Waals surface area (Å²) in [5.41, 5.74) is 1.73. The van der Waals surface area contributed by atoms with Crippen LogP contribution in [-0.4, -0.2) is 23.0 Å². The number of para-hydroxylation sites is 1. The molecule has 17 heavy (non-hydrogen) atoms. The molecule has 1 heterocycles. The van der Waals surface area contributed by atoms with E-state index >= 15 is 0 Å². The van der Waals surface area contributed by atoms with Gasteiger partial charge in [-0.05, 0) is 12.1 Å². The number of hydrogen-bond acceptors (Lipinski definition) is 4. The molecule has 0 aliphatic rings. The average Bonchev–Trinajstić information content (AvgIpc) is 2.70. The zero-order valence-electron chi connectivity index (χ0n) is 9.54. The molecule has 2 aromatic rings. The maximum atomic E-state index is 10.2. The van der Waals surface area contributed by atoms with Crippen LogP contribution in [0.5, 0.6) is 5.75 Å². The summed E-state index contributed by atoms with van der Waals surface area (Å²) in [5, 5.41) is 4.08. The van der Waals surface area contributed by atoms with Crippen LogP contribution in [0.3, 0.4) is 0 Å². The van der Waals surface area contributed by atoms with E-state index in [2.05, 4.69) is 10.1 Å². The monoisotopic (exact) mass is 229 g/mol. The van der Waals surface area contributed by atoms with Gasteiger partial charge in [0, 0.05) is 18.7 Å². The Kier molecular flexibility index (Phi) is 3.03. The summed E-state index contributed by atoms with van der Waals surface area (Å²) in [7, 11) is 3.39. The Balaban J connectivity index is 2.56. The van der Waals surface area contributed by atoms with E-state index in [1.807, 2.05) is 24.3 Å². The van der Waals surface area contributed by atoms with E-state index in [-0.39, 0.29) is 0 Å². The second kappa shape index (κ2) is 4.63. The molecule has 1 aromatic carbocycles. The van der Waals surface area contributed by atoms with E-state index in [4.69, 9.17) is 4.74 Å². The molecular weight excluding hydrogens is 218 g/mol. The second-order valence-corrected chi connectivity index (χ2v) is 3.41. The minimum atomic E-state index is 0.336. The van der Waals surface area contributed by atoms with Gasteiger partial charge in [0.05, 0.1) is 12.8 Å². The highest BCUT2D eigenvalue weighted by Crippen LogP contribution is 2.31. The predicted molar refractivity (Wildman–Crippen MR) is 63.0 cm³/mol. The lowest BCUT2D eigenvalue weighted by Gasteiger charge is -2.07. The van der Waals surface area contributed by atoms with Crippen molar-refractivity contribution in [3.63, 3.8) is 0 Å². The third-order valence-electron chi connectivity index (χ3n) is 2.41. The fraction of sp³-hybridized carbons (Fsp3) is 0.167. The number of aromatic nitrogens is 2. The second-order valence-electron chi connectivity index (χ2n) is 3.41. The van der Waals surface area contributed by atoms with Crippen molar-refractivity contribution in [3.8, 4) is 17.0 Å². The van der Waals surface area contributed by atoms with E-state index in [0.29, 0.717) is 5.82 Å². The topological polar surface area (TPSA) is 56.5 Å². The molecule has 5 heteroatoms. The molecule has 2 rings (SSSR count). The third-order valence-corrected chi connectivity index (χ3v) is 2.41. The Hall–Kier alpha value is -2.39. The SMILES string of the molecule is COc1ccccc1-c1cc(N=C=O)nn1C. The maximum absolute atomic E-state index is 10.2. The van der Waals surface area contributed by atoms with E-state index in [0.717, 1.165) is 17.0 Å². The minimum absolute atomic E-state index is 0.336. The van der Waals surface area contributed by atoms with Gasteiger partial charge in [-0.3, -0.25) is 4.68 Å². The third kappa shape index (κ3) is 2.09. The maximum Gasteiger partial charge on any atom is 0.242 e. The van der Waals surface area contributed by atoms with Crippen LogP contribution in [-0.2, 0) is 11.8 Å². The number of isocyanates is 1. The summed E-state index contributed by atoms with van der Waals surface area (Å²) in [6.45, 7) is 0. The van der Waals surface area contributed by atoms with Gasteiger partial charge in [0.2, 0.25) is 6.08 Å². The number of ether oxygens (including phenoxy) is 1. The van der Waals surface area contributed by atoms with Crippen molar-refractivity contribution in [1.82, 2.24) is 9.78 Å². The lowest BCUT2D eigenvalue weighted by molar-refractivity contribution is 0.416. The first kappa shape index (κ1) is 11.1. The Morgan fingerprint density at radius 2 is 2.18 bits per heavy atom. The number of methoxy groups -OCH3 is 1. The summed E-state index contributed by atoms with van der Waals surface area (Å²) in [4.78, 5) is 13.7. The average molecular weight is 229 g/mol. The van der Waals surface area contributed by atoms with Gasteiger partial charge in [0.15, 0.2) is 5.82 Å². The number of aryl methyl sites for hydroxylation is 1. The minimum Gasteiger partial charge on any atom is -0.496 e. The van der Waals surface area contributed by atoms with Gasteiger partial charge in [-0.25, -0.2) is 4.79 Å². The standard InChI is InChI=1S/C12H11N3O2/c1-15-10(7-12(14-15)13-8-16)9-5-3-4-6-11(9)17-2/h3-7H,1-2H3. The number of aliphatic imine (C=N–C) groups is 1. The van der Waals surface area contributed by atoms with Crippen molar-refractivity contribution in [2.75, 3.05) is 7.11 Å². The van der Waals surface area contributed by atoms with E-state index in [1.165, 1.54) is 6.08 Å². The van der Waals surface area contributed by atoms with Crippen LogP contribution >= 0.6 is 0 Å². The molecule has 0 aliphatic carbocycles. The zero-order chi connectivity index (χ0) is 12.3. The molecule has 0 aliphatic heterocycles. The zero-order valence-corrected chi connectivity index (χ0v) is 9.54. The normalized spacial score (nSPS) is 9.76. The van der Waals surface area contributed by atoms with Crippen molar-refractivity contribution in [2.45, 2.75) is 0 Å². The highest BCUT2D eigenvalue weighted by molar-refractivity contribution is 5.69. The van der Waals surface area contributed by atoms with Crippen LogP contribution in [0, 0.1) is 0 Å². The van der Waals surface area contributed by atoms with Gasteiger partial charge in [0.1, 0.15) is 5.75 Å². The van der Waals surface area contributed by atoms with Crippen LogP contribution < -0.4 is 4.74 Å². The summed E-state index contributed by atoms with van der Waals surface area (Å²) in [6, 6.07) is 9.30. The van der Waals surface area contributed by atoms with Crippen molar-refractivity contribution in [1.29, 1.82) is 0 Å². The summed E-state index contributed by atoms with van der Waals surface area (Å²) >= 11 is 0. The first-order valence-corrected chi connectivity index (χ1v) is 5.01. The smallest absolute Gasteiger partial charge is 0.242 e. The highest BCUT2D eigenvalue weighted by Gasteiger charge is 2.10. The van der Waals surface area contributed by atoms with Gasteiger partial charge in [-0.1, -0.05) is 12.1 Å². The lowest BCUT2D eigenvalue weighted by Crippen LogP contribution is -1.95. The Morgan fingerprint density at radius 1 is 1.41 bits per heavy atom. The Morgan fingerprint density at radius 3 is 2.88 bits per heavy atom. The van der Waals surface area contributed by atoms with E-state index in [9.17, 15) is 4.79 Å². The van der Waals surface area contributed by atoms with Crippen molar-refractivity contribution in [3.05, 3.63) is 30.3 Å². The van der Waals surface area contributed by atoms with Crippen LogP contribution in [0.1, 0.15) is 0 Å². The number of benzene rings is 1. The molecule has 1 aromatic heterocycles. The number of rotatable bonds is 3. The predicted octanol–water partition coefficient (Wildman–Crippen LogP) is 2.06. The fourth-order valence-corrected chi connectivity index (χ4v) is 1.66. The van der Waals surface area contributed by atoms with Gasteiger partial charge in [-0.2, -0.15) is 5.10 Å². The summed E-state index contributed by atoms with van der Waals surface area (Å²) in [5.74, 6) is 1.08. The molecule has 86 valence electrons. The van der Waals surface area contributed by atoms with Crippen molar-refractivity contribution in [2.24, 2.45) is 12.0 Å². The number of nitrogens with zero attached hydrogens (tertiary/aromatic N) is 3. The van der Waals surface area contributed by atoms with Crippen LogP contribution in [0.2, 0.25) is 0 Å². The molecule has 0 saturated heterocycles. The van der Waals surface area contributed by atoms with E-state index in [1.54, 1.807) is 24.9 Å². The molecular formula is C12H11N3O2. The fourth-order valence-electron chi connectivity index (χ4n) is 1.66. The largest absolute Gasteiger partial charge is 0.496 e. The summed E-state index contributed by atoms with van der Waals surface area (Å²) in [6.07, 6.45) is 1.47. The molecule has 0 spiro atoms. The van der Waals surface area contributed by atoms with Gasteiger partial charge < -0.3 is 4.74 Å². The summed E-state index contributed by atoms with van der Waals surface area (Å²) < 4.78 is 6.92. The van der Waals surface area contributed by atoms with Gasteiger partial charge in [0.25, 0.3) is 0 Å². The molecule has 0 radical (unpaired) electrons. The number of carbonyl (C=O) groups excluding carboxylic acids is 1. The molecule has 0 unspecified atom stereocenters. The quantitative estimate of drug-likeness (QED) is 0.598. The molecule has 0 bridgehead atoms. The molecule has 0 saturated carbocycles. The van der Waals surface area contributed by atoms with Crippen molar-refractivity contribution < 1.29 is 9.53 Å². The van der Waals surface area contributed by atoms with Crippen LogP contribution in [0.15, 0.2) is 35.3 Å². The first-order valence-electron chi connectivity index (χ1n) is 5.01. The molecule has 0 atom stereocenters. The Labute approximate surface area is 98.4 Å². The number of hydrogen-bond donors (Lipinski definition) is 0. The molecule has 0 amide bonds. The first-order chi connectivity index (χ1) is 8.26. The molecule has 5 nitrogen and oxygen atoms in total. The van der Waals surface area contributed by atoms with Crippen molar-refractivity contribution >= 4 is 11.9 Å². The van der Waals surface area contributed by atoms with Crippen LogP contribution in [0.4, 0.5) is 5.82 Å². The Bertz CT molecular complexity index is 583. The lowest BCUT2D eigenvalue weighted by atomic mass is 10.1. The highest BCUT2D eigenvalue weighted by atomic mass is 16.5. The molecule has 0 N–H and O–H groups in total. The van der Waals surface area contributed by atoms with E-state index < -0.39 is 0 Å². The molecule has 0 fully saturated rings. The van der Waals surface area contributed by atoms with Gasteiger partial charge in [-0.15, -0.1) is 4.99 Å². The van der Waals surface area contributed by atoms with Gasteiger partial charge >= 0.3 is 0 Å². The van der Waals surface area contributed by atoms with Crippen LogP contribution in [0.25, 0.3) is 11.3 Å².